The van der Waals surface area contributed by atoms with E-state index < -0.39 is 0 Å². The SMILES string of the molecule is Cc1cccc(-n2nnnc2SCC2(C)CN(C3CCC3)C2=O)c1. The third-order valence-electron chi connectivity index (χ3n) is 5.02. The van der Waals surface area contributed by atoms with Gasteiger partial charge in [-0.2, -0.15) is 4.68 Å². The van der Waals surface area contributed by atoms with Gasteiger partial charge in [0.05, 0.1) is 11.1 Å². The van der Waals surface area contributed by atoms with Crippen molar-refractivity contribution in [2.75, 3.05) is 12.3 Å². The standard InChI is InChI=1S/C17H21N5OS/c1-12-5-3-8-14(9-12)22-16(18-19-20-22)24-11-17(2)10-21(15(17)23)13-6-4-7-13/h3,5,8-9,13H,4,6-7,10-11H2,1-2H3. The lowest BCUT2D eigenvalue weighted by molar-refractivity contribution is -0.163. The topological polar surface area (TPSA) is 63.9 Å². The molecule has 6 nitrogen and oxygen atoms in total. The minimum atomic E-state index is -0.288. The molecular weight excluding hydrogens is 322 g/mol. The van der Waals surface area contributed by atoms with E-state index in [0.29, 0.717) is 11.8 Å². The van der Waals surface area contributed by atoms with Crippen molar-refractivity contribution in [2.24, 2.45) is 5.41 Å². The van der Waals surface area contributed by atoms with Crippen LogP contribution in [-0.2, 0) is 4.79 Å². The number of amides is 1. The van der Waals surface area contributed by atoms with Crippen molar-refractivity contribution in [1.29, 1.82) is 0 Å². The number of hydrogen-bond donors (Lipinski definition) is 0. The van der Waals surface area contributed by atoms with Gasteiger partial charge in [-0.1, -0.05) is 23.9 Å². The lowest BCUT2D eigenvalue weighted by Crippen LogP contribution is -2.65. The van der Waals surface area contributed by atoms with Gasteiger partial charge in [0, 0.05) is 18.3 Å². The van der Waals surface area contributed by atoms with Crippen molar-refractivity contribution in [1.82, 2.24) is 25.1 Å². The Morgan fingerprint density at radius 1 is 1.38 bits per heavy atom. The van der Waals surface area contributed by atoms with Crippen molar-refractivity contribution in [3.8, 4) is 5.69 Å². The molecule has 2 fully saturated rings. The molecule has 1 unspecified atom stereocenters. The van der Waals surface area contributed by atoms with E-state index in [9.17, 15) is 4.79 Å². The maximum atomic E-state index is 12.5. The number of benzene rings is 1. The molecule has 1 atom stereocenters. The average Bonchev–Trinajstić information content (AvgIpc) is 2.99. The molecule has 1 aromatic carbocycles. The highest BCUT2D eigenvalue weighted by Gasteiger charge is 2.51. The maximum Gasteiger partial charge on any atom is 0.231 e. The second-order valence-electron chi connectivity index (χ2n) is 7.08. The second kappa shape index (κ2) is 5.88. The largest absolute Gasteiger partial charge is 0.338 e. The predicted octanol–water partition coefficient (Wildman–Crippen LogP) is 2.46. The number of carbonyl (C=O) groups excluding carboxylic acids is 1. The van der Waals surface area contributed by atoms with E-state index in [1.807, 2.05) is 30.0 Å². The fraction of sp³-hybridized carbons (Fsp3) is 0.529. The summed E-state index contributed by atoms with van der Waals surface area (Å²) in [5, 5.41) is 12.8. The zero-order valence-electron chi connectivity index (χ0n) is 14.0. The fourth-order valence-electron chi connectivity index (χ4n) is 3.29. The van der Waals surface area contributed by atoms with Crippen LogP contribution in [0.25, 0.3) is 5.69 Å². The molecule has 24 heavy (non-hydrogen) atoms. The minimum absolute atomic E-state index is 0.286. The number of aryl methyl sites for hydroxylation is 1. The summed E-state index contributed by atoms with van der Waals surface area (Å²) in [5.41, 5.74) is 1.82. The molecule has 2 aliphatic rings. The molecule has 1 aliphatic carbocycles. The summed E-state index contributed by atoms with van der Waals surface area (Å²) >= 11 is 1.56. The maximum absolute atomic E-state index is 12.5. The highest BCUT2D eigenvalue weighted by atomic mass is 32.2. The van der Waals surface area contributed by atoms with Gasteiger partial charge in [-0.15, -0.1) is 5.10 Å². The van der Waals surface area contributed by atoms with Gasteiger partial charge in [0.2, 0.25) is 11.1 Å². The third kappa shape index (κ3) is 2.60. The molecule has 2 aromatic rings. The second-order valence-corrected chi connectivity index (χ2v) is 8.02. The zero-order valence-corrected chi connectivity index (χ0v) is 14.8. The Bertz CT molecular complexity index is 772. The van der Waals surface area contributed by atoms with Gasteiger partial charge in [-0.05, 0) is 61.2 Å². The Balaban J connectivity index is 1.44. The molecule has 0 spiro atoms. The van der Waals surface area contributed by atoms with Crippen molar-refractivity contribution < 1.29 is 4.79 Å². The number of hydrogen-bond acceptors (Lipinski definition) is 5. The number of carbonyl (C=O) groups is 1. The first-order valence-electron chi connectivity index (χ1n) is 8.36. The molecule has 7 heteroatoms. The zero-order chi connectivity index (χ0) is 16.7. The van der Waals surface area contributed by atoms with Crippen LogP contribution in [0, 0.1) is 12.3 Å². The van der Waals surface area contributed by atoms with Gasteiger partial charge in [-0.25, -0.2) is 0 Å². The molecule has 1 aromatic heterocycles. The van der Waals surface area contributed by atoms with Crippen molar-refractivity contribution in [3.63, 3.8) is 0 Å². The predicted molar refractivity (Wildman–Crippen MR) is 92.1 cm³/mol. The van der Waals surface area contributed by atoms with Crippen LogP contribution in [0.3, 0.4) is 0 Å². The van der Waals surface area contributed by atoms with E-state index in [1.165, 1.54) is 19.3 Å². The number of tetrazole rings is 1. The summed E-state index contributed by atoms with van der Waals surface area (Å²) < 4.78 is 1.74. The summed E-state index contributed by atoms with van der Waals surface area (Å²) in [6.45, 7) is 4.96. The van der Waals surface area contributed by atoms with Crippen LogP contribution in [0.15, 0.2) is 29.4 Å². The van der Waals surface area contributed by atoms with Crippen LogP contribution in [0.4, 0.5) is 0 Å². The van der Waals surface area contributed by atoms with E-state index in [2.05, 4.69) is 28.5 Å². The average molecular weight is 343 g/mol. The molecule has 0 radical (unpaired) electrons. The molecule has 1 saturated heterocycles. The number of likely N-dealkylation sites (tertiary alicyclic amines) is 1. The van der Waals surface area contributed by atoms with E-state index in [-0.39, 0.29) is 11.3 Å². The molecule has 126 valence electrons. The Hall–Kier alpha value is -1.89. The summed E-state index contributed by atoms with van der Waals surface area (Å²) in [4.78, 5) is 14.6. The first kappa shape index (κ1) is 15.6. The minimum Gasteiger partial charge on any atom is -0.338 e. The molecule has 0 N–H and O–H groups in total. The molecule has 1 saturated carbocycles. The number of thioether (sulfide) groups is 1. The Kier molecular flexibility index (Phi) is 3.83. The number of rotatable bonds is 5. The van der Waals surface area contributed by atoms with Gasteiger partial charge in [0.1, 0.15) is 0 Å². The molecule has 1 amide bonds. The van der Waals surface area contributed by atoms with Crippen molar-refractivity contribution in [2.45, 2.75) is 44.3 Å². The first-order chi connectivity index (χ1) is 11.6. The lowest BCUT2D eigenvalue weighted by Gasteiger charge is -2.52. The molecule has 1 aliphatic heterocycles. The van der Waals surface area contributed by atoms with Gasteiger partial charge < -0.3 is 4.90 Å². The highest BCUT2D eigenvalue weighted by Crippen LogP contribution is 2.41. The lowest BCUT2D eigenvalue weighted by atomic mass is 9.78. The molecular formula is C17H21N5OS. The Morgan fingerprint density at radius 2 is 2.21 bits per heavy atom. The van der Waals surface area contributed by atoms with Gasteiger partial charge >= 0.3 is 0 Å². The Morgan fingerprint density at radius 3 is 2.88 bits per heavy atom. The number of β-lactam (4-membered cyclic amide) rings is 1. The number of nitrogens with zero attached hydrogens (tertiary/aromatic N) is 5. The van der Waals surface area contributed by atoms with Crippen LogP contribution < -0.4 is 0 Å². The molecule has 4 rings (SSSR count). The summed E-state index contributed by atoms with van der Waals surface area (Å²) in [7, 11) is 0. The number of aromatic nitrogens is 4. The summed E-state index contributed by atoms with van der Waals surface area (Å²) in [6, 6.07) is 8.57. The quantitative estimate of drug-likeness (QED) is 0.616. The van der Waals surface area contributed by atoms with Crippen LogP contribution in [0.5, 0.6) is 0 Å². The van der Waals surface area contributed by atoms with Gasteiger partial charge in [0.15, 0.2) is 0 Å². The Labute approximate surface area is 145 Å². The molecule has 2 heterocycles. The van der Waals surface area contributed by atoms with Gasteiger partial charge in [0.25, 0.3) is 0 Å². The van der Waals surface area contributed by atoms with Crippen LogP contribution in [0.2, 0.25) is 0 Å². The smallest absolute Gasteiger partial charge is 0.231 e. The van der Waals surface area contributed by atoms with Crippen LogP contribution in [-0.4, -0.2) is 49.4 Å². The monoisotopic (exact) mass is 343 g/mol. The third-order valence-corrected chi connectivity index (χ3v) is 6.31. The van der Waals surface area contributed by atoms with E-state index in [4.69, 9.17) is 0 Å². The summed E-state index contributed by atoms with van der Waals surface area (Å²) in [5.74, 6) is 0.996. The molecule has 0 bridgehead atoms. The normalized spacial score (nSPS) is 23.9. The van der Waals surface area contributed by atoms with Crippen molar-refractivity contribution >= 4 is 17.7 Å². The van der Waals surface area contributed by atoms with E-state index in [1.54, 1.807) is 16.4 Å². The van der Waals surface area contributed by atoms with Gasteiger partial charge in [-0.3, -0.25) is 4.79 Å². The first-order valence-corrected chi connectivity index (χ1v) is 9.35. The fourth-order valence-corrected chi connectivity index (χ4v) is 4.31. The highest BCUT2D eigenvalue weighted by molar-refractivity contribution is 7.99. The van der Waals surface area contributed by atoms with Crippen LogP contribution in [0.1, 0.15) is 31.7 Å². The van der Waals surface area contributed by atoms with E-state index >= 15 is 0 Å². The van der Waals surface area contributed by atoms with Crippen molar-refractivity contribution in [3.05, 3.63) is 29.8 Å². The van der Waals surface area contributed by atoms with Crippen LogP contribution >= 0.6 is 11.8 Å². The van der Waals surface area contributed by atoms with E-state index in [0.717, 1.165) is 23.0 Å². The summed E-state index contributed by atoms with van der Waals surface area (Å²) in [6.07, 6.45) is 3.59.